The molecule has 2 rings (SSSR count). The van der Waals surface area contributed by atoms with Gasteiger partial charge >= 0.3 is 6.09 Å². The van der Waals surface area contributed by atoms with Gasteiger partial charge in [0.15, 0.2) is 0 Å². The zero-order chi connectivity index (χ0) is 27.8. The largest absolute Gasteiger partial charge is 0.444 e. The highest BCUT2D eigenvalue weighted by Gasteiger charge is 2.37. The standard InChI is InChI=1S/C29H47N3O5/c1-19(2)17-24(31-28(36)37-29(5,6)7)27(35)32(15-16-33)25(23-18-20(3)13-14-21(23)4)26(34)30-22-11-9-8-10-12-22/h13-14,18-19,22,24-25,33H,8-12,15-17H2,1-7H3,(H,30,34)(H,31,36). The quantitative estimate of drug-likeness (QED) is 0.422. The molecule has 1 aliphatic carbocycles. The fourth-order valence-corrected chi connectivity index (χ4v) is 4.85. The van der Waals surface area contributed by atoms with E-state index in [0.717, 1.165) is 48.8 Å². The lowest BCUT2D eigenvalue weighted by atomic mass is 9.93. The number of aliphatic hydroxyl groups excluding tert-OH is 1. The van der Waals surface area contributed by atoms with Crippen LogP contribution >= 0.6 is 0 Å². The molecule has 0 radical (unpaired) electrons. The molecule has 0 aromatic heterocycles. The van der Waals surface area contributed by atoms with Crippen molar-refractivity contribution in [2.75, 3.05) is 13.2 Å². The number of nitrogens with one attached hydrogen (secondary N) is 2. The highest BCUT2D eigenvalue weighted by Crippen LogP contribution is 2.28. The van der Waals surface area contributed by atoms with Crippen LogP contribution in [-0.4, -0.2) is 58.8 Å². The van der Waals surface area contributed by atoms with Crippen molar-refractivity contribution in [2.45, 2.75) is 111 Å². The summed E-state index contributed by atoms with van der Waals surface area (Å²) in [5, 5.41) is 15.9. The summed E-state index contributed by atoms with van der Waals surface area (Å²) in [5.74, 6) is -0.587. The van der Waals surface area contributed by atoms with Gasteiger partial charge in [-0.2, -0.15) is 0 Å². The third kappa shape index (κ3) is 9.65. The Balaban J connectivity index is 2.47. The summed E-state index contributed by atoms with van der Waals surface area (Å²) in [5.41, 5.74) is 1.85. The monoisotopic (exact) mass is 517 g/mol. The van der Waals surface area contributed by atoms with Gasteiger partial charge in [-0.1, -0.05) is 56.9 Å². The third-order valence-electron chi connectivity index (χ3n) is 6.56. The molecule has 3 N–H and O–H groups in total. The number of aliphatic hydroxyl groups is 1. The van der Waals surface area contributed by atoms with Crippen molar-refractivity contribution in [3.8, 4) is 0 Å². The van der Waals surface area contributed by atoms with E-state index in [1.54, 1.807) is 20.8 Å². The molecule has 2 unspecified atom stereocenters. The first-order valence-electron chi connectivity index (χ1n) is 13.6. The van der Waals surface area contributed by atoms with Crippen LogP contribution < -0.4 is 10.6 Å². The predicted octanol–water partition coefficient (Wildman–Crippen LogP) is 4.55. The Morgan fingerprint density at radius 3 is 2.32 bits per heavy atom. The Labute approximate surface area is 222 Å². The van der Waals surface area contributed by atoms with Crippen molar-refractivity contribution < 1.29 is 24.2 Å². The number of carbonyl (C=O) groups excluding carboxylic acids is 3. The topological polar surface area (TPSA) is 108 Å². The lowest BCUT2D eigenvalue weighted by molar-refractivity contribution is -0.143. The second kappa shape index (κ2) is 13.8. The first kappa shape index (κ1) is 30.6. The van der Waals surface area contributed by atoms with E-state index in [9.17, 15) is 19.5 Å². The van der Waals surface area contributed by atoms with Crippen LogP contribution in [0.1, 0.15) is 95.9 Å². The van der Waals surface area contributed by atoms with Gasteiger partial charge < -0.3 is 25.4 Å². The summed E-state index contributed by atoms with van der Waals surface area (Å²) in [4.78, 5) is 42.0. The molecule has 1 aromatic carbocycles. The number of aryl methyl sites for hydroxylation is 2. The second-order valence-corrected chi connectivity index (χ2v) is 11.7. The maximum absolute atomic E-state index is 14.0. The van der Waals surface area contributed by atoms with Gasteiger partial charge in [-0.3, -0.25) is 9.59 Å². The molecule has 0 aliphatic heterocycles. The SMILES string of the molecule is Cc1ccc(C)c(C(C(=O)NC2CCCCC2)N(CCO)C(=O)C(CC(C)C)NC(=O)OC(C)(C)C)c1. The molecule has 0 heterocycles. The zero-order valence-corrected chi connectivity index (χ0v) is 23.7. The molecule has 3 amide bonds. The van der Waals surface area contributed by atoms with Gasteiger partial charge in [-0.05, 0) is 70.9 Å². The van der Waals surface area contributed by atoms with Crippen molar-refractivity contribution in [3.63, 3.8) is 0 Å². The molecule has 1 aliphatic rings. The average Bonchev–Trinajstić information content (AvgIpc) is 2.79. The van der Waals surface area contributed by atoms with Crippen molar-refractivity contribution >= 4 is 17.9 Å². The van der Waals surface area contributed by atoms with Crippen LogP contribution in [0.2, 0.25) is 0 Å². The van der Waals surface area contributed by atoms with Gasteiger partial charge in [0.1, 0.15) is 17.7 Å². The van der Waals surface area contributed by atoms with E-state index in [2.05, 4.69) is 10.6 Å². The van der Waals surface area contributed by atoms with Crippen molar-refractivity contribution in [1.29, 1.82) is 0 Å². The lowest BCUT2D eigenvalue weighted by Gasteiger charge is -2.36. The van der Waals surface area contributed by atoms with E-state index >= 15 is 0 Å². The van der Waals surface area contributed by atoms with Crippen LogP contribution in [0.4, 0.5) is 4.79 Å². The molecular weight excluding hydrogens is 470 g/mol. The number of hydrogen-bond acceptors (Lipinski definition) is 5. The van der Waals surface area contributed by atoms with Gasteiger partial charge in [-0.25, -0.2) is 4.79 Å². The van der Waals surface area contributed by atoms with Crippen molar-refractivity contribution in [2.24, 2.45) is 5.92 Å². The molecule has 1 fully saturated rings. The van der Waals surface area contributed by atoms with Crippen LogP contribution in [0.25, 0.3) is 0 Å². The lowest BCUT2D eigenvalue weighted by Crippen LogP contribution is -2.55. The minimum absolute atomic E-state index is 0.0421. The highest BCUT2D eigenvalue weighted by atomic mass is 16.6. The minimum Gasteiger partial charge on any atom is -0.444 e. The molecule has 0 spiro atoms. The minimum atomic E-state index is -0.934. The molecule has 2 atom stereocenters. The Hall–Kier alpha value is -2.61. The van der Waals surface area contributed by atoms with E-state index in [1.807, 2.05) is 45.9 Å². The summed E-state index contributed by atoms with van der Waals surface area (Å²) in [6.07, 6.45) is 4.79. The molecule has 208 valence electrons. The van der Waals surface area contributed by atoms with Crippen LogP contribution in [0, 0.1) is 19.8 Å². The number of nitrogens with zero attached hydrogens (tertiary/aromatic N) is 1. The summed E-state index contributed by atoms with van der Waals surface area (Å²) >= 11 is 0. The molecule has 1 saturated carbocycles. The maximum atomic E-state index is 14.0. The van der Waals surface area contributed by atoms with Gasteiger partial charge in [0.25, 0.3) is 0 Å². The van der Waals surface area contributed by atoms with Crippen LogP contribution in [0.5, 0.6) is 0 Å². The van der Waals surface area contributed by atoms with Gasteiger partial charge in [0.2, 0.25) is 11.8 Å². The molecule has 8 heteroatoms. The molecule has 8 nitrogen and oxygen atoms in total. The number of hydrogen-bond donors (Lipinski definition) is 3. The van der Waals surface area contributed by atoms with E-state index in [1.165, 1.54) is 4.90 Å². The van der Waals surface area contributed by atoms with E-state index < -0.39 is 29.7 Å². The number of alkyl carbamates (subject to hydrolysis) is 1. The van der Waals surface area contributed by atoms with E-state index in [4.69, 9.17) is 4.74 Å². The fourth-order valence-electron chi connectivity index (χ4n) is 4.85. The Morgan fingerprint density at radius 2 is 1.76 bits per heavy atom. The summed E-state index contributed by atoms with van der Waals surface area (Å²) in [7, 11) is 0. The third-order valence-corrected chi connectivity index (χ3v) is 6.56. The second-order valence-electron chi connectivity index (χ2n) is 11.7. The van der Waals surface area contributed by atoms with Crippen LogP contribution in [-0.2, 0) is 14.3 Å². The Kier molecular flexibility index (Phi) is 11.4. The number of amides is 3. The van der Waals surface area contributed by atoms with Crippen LogP contribution in [0.15, 0.2) is 18.2 Å². The zero-order valence-electron chi connectivity index (χ0n) is 23.7. The molecular formula is C29H47N3O5. The normalized spacial score (nSPS) is 16.1. The van der Waals surface area contributed by atoms with Crippen LogP contribution in [0.3, 0.4) is 0 Å². The maximum Gasteiger partial charge on any atom is 0.408 e. The fraction of sp³-hybridized carbons (Fsp3) is 0.690. The average molecular weight is 518 g/mol. The van der Waals surface area contributed by atoms with Crippen molar-refractivity contribution in [1.82, 2.24) is 15.5 Å². The van der Waals surface area contributed by atoms with Gasteiger partial charge in [0.05, 0.1) is 6.61 Å². The number of ether oxygens (including phenoxy) is 1. The van der Waals surface area contributed by atoms with E-state index in [0.29, 0.717) is 6.42 Å². The first-order valence-corrected chi connectivity index (χ1v) is 13.6. The number of benzene rings is 1. The molecule has 37 heavy (non-hydrogen) atoms. The first-order chi connectivity index (χ1) is 17.3. The Morgan fingerprint density at radius 1 is 1.11 bits per heavy atom. The molecule has 0 bridgehead atoms. The van der Waals surface area contributed by atoms with Crippen molar-refractivity contribution in [3.05, 3.63) is 34.9 Å². The summed E-state index contributed by atoms with van der Waals surface area (Å²) in [6, 6.07) is 4.06. The highest BCUT2D eigenvalue weighted by molar-refractivity contribution is 5.92. The Bertz CT molecular complexity index is 919. The van der Waals surface area contributed by atoms with Gasteiger partial charge in [0, 0.05) is 12.6 Å². The summed E-state index contributed by atoms with van der Waals surface area (Å²) in [6.45, 7) is 12.7. The van der Waals surface area contributed by atoms with E-state index in [-0.39, 0.29) is 31.0 Å². The number of rotatable bonds is 10. The smallest absolute Gasteiger partial charge is 0.408 e. The predicted molar refractivity (Wildman–Crippen MR) is 145 cm³/mol. The van der Waals surface area contributed by atoms with Gasteiger partial charge in [-0.15, -0.1) is 0 Å². The molecule has 0 saturated heterocycles. The number of carbonyl (C=O) groups is 3. The summed E-state index contributed by atoms with van der Waals surface area (Å²) < 4.78 is 5.42. The molecule has 1 aromatic rings.